The first-order chi connectivity index (χ1) is 8.54. The molecule has 1 N–H and O–H groups in total. The second kappa shape index (κ2) is 5.38. The highest BCUT2D eigenvalue weighted by Crippen LogP contribution is 2.40. The third-order valence-electron chi connectivity index (χ3n) is 3.48. The number of carboxylic acids is 1. The smallest absolute Gasteiger partial charge is 0.394 e. The fourth-order valence-electron chi connectivity index (χ4n) is 2.00. The molecule has 0 saturated carbocycles. The molecule has 1 saturated heterocycles. The summed E-state index contributed by atoms with van der Waals surface area (Å²) in [7, 11) is 0. The maximum absolute atomic E-state index is 12.7. The van der Waals surface area contributed by atoms with Gasteiger partial charge in [0.05, 0.1) is 11.3 Å². The number of likely N-dealkylation sites (tertiary alicyclic amines) is 1. The van der Waals surface area contributed by atoms with E-state index in [-0.39, 0.29) is 6.54 Å². The van der Waals surface area contributed by atoms with Gasteiger partial charge >= 0.3 is 12.1 Å². The number of halogens is 3. The normalized spacial score (nSPS) is 21.3. The van der Waals surface area contributed by atoms with E-state index in [1.165, 1.54) is 4.90 Å². The van der Waals surface area contributed by atoms with Crippen molar-refractivity contribution in [1.29, 1.82) is 0 Å². The van der Waals surface area contributed by atoms with Gasteiger partial charge in [-0.15, -0.1) is 0 Å². The molecule has 110 valence electrons. The highest BCUT2D eigenvalue weighted by Gasteiger charge is 2.49. The standard InChI is InChI=1S/C12H18F3NO3/c1-11(2,12(13,14)15)6-9(17)16-5-3-4-8(7-16)10(18)19/h8H,3-7H2,1-2H3,(H,18,19)/t8-/m0/s1. The monoisotopic (exact) mass is 281 g/mol. The molecule has 1 aliphatic rings. The molecule has 0 aromatic heterocycles. The van der Waals surface area contributed by atoms with Crippen LogP contribution in [0.3, 0.4) is 0 Å². The molecule has 1 fully saturated rings. The molecule has 1 aliphatic heterocycles. The highest BCUT2D eigenvalue weighted by atomic mass is 19.4. The van der Waals surface area contributed by atoms with Crippen LogP contribution in [0.25, 0.3) is 0 Å². The molecule has 1 rings (SSSR count). The van der Waals surface area contributed by atoms with E-state index >= 15 is 0 Å². The molecule has 0 bridgehead atoms. The molecule has 1 heterocycles. The van der Waals surface area contributed by atoms with E-state index in [2.05, 4.69) is 0 Å². The zero-order valence-electron chi connectivity index (χ0n) is 11.0. The van der Waals surface area contributed by atoms with E-state index in [0.717, 1.165) is 13.8 Å². The van der Waals surface area contributed by atoms with Gasteiger partial charge in [-0.1, -0.05) is 13.8 Å². The Bertz CT molecular complexity index is 366. The van der Waals surface area contributed by atoms with Crippen molar-refractivity contribution in [2.45, 2.75) is 39.3 Å². The number of aliphatic carboxylic acids is 1. The summed E-state index contributed by atoms with van der Waals surface area (Å²) in [5, 5.41) is 8.88. The molecule has 7 heteroatoms. The molecule has 0 aromatic carbocycles. The van der Waals surface area contributed by atoms with E-state index in [4.69, 9.17) is 5.11 Å². The molecular weight excluding hydrogens is 263 g/mol. The lowest BCUT2D eigenvalue weighted by Crippen LogP contribution is -2.45. The van der Waals surface area contributed by atoms with Crippen molar-refractivity contribution in [1.82, 2.24) is 4.90 Å². The Kier molecular flexibility index (Phi) is 4.47. The second-order valence-electron chi connectivity index (χ2n) is 5.58. The zero-order valence-corrected chi connectivity index (χ0v) is 11.0. The number of carbonyl (C=O) groups excluding carboxylic acids is 1. The highest BCUT2D eigenvalue weighted by molar-refractivity contribution is 5.78. The number of rotatable bonds is 3. The molecule has 0 aliphatic carbocycles. The Balaban J connectivity index is 2.66. The summed E-state index contributed by atoms with van der Waals surface area (Å²) in [5.74, 6) is -2.31. The van der Waals surface area contributed by atoms with Gasteiger partial charge in [-0.25, -0.2) is 0 Å². The minimum Gasteiger partial charge on any atom is -0.481 e. The predicted molar refractivity (Wildman–Crippen MR) is 61.4 cm³/mol. The minimum absolute atomic E-state index is 0.00209. The predicted octanol–water partition coefficient (Wildman–Crippen LogP) is 2.29. The first kappa shape index (κ1) is 15.8. The van der Waals surface area contributed by atoms with Crippen molar-refractivity contribution in [3.05, 3.63) is 0 Å². The van der Waals surface area contributed by atoms with E-state index in [9.17, 15) is 22.8 Å². The number of hydrogen-bond acceptors (Lipinski definition) is 2. The lowest BCUT2D eigenvalue weighted by molar-refractivity contribution is -0.215. The van der Waals surface area contributed by atoms with Crippen LogP contribution in [0.2, 0.25) is 0 Å². The summed E-state index contributed by atoms with van der Waals surface area (Å²) in [6.45, 7) is 2.28. The van der Waals surface area contributed by atoms with Gasteiger partial charge in [0.2, 0.25) is 5.91 Å². The van der Waals surface area contributed by atoms with E-state index in [1.807, 2.05) is 0 Å². The van der Waals surface area contributed by atoms with Crippen molar-refractivity contribution in [3.63, 3.8) is 0 Å². The van der Waals surface area contributed by atoms with Crippen LogP contribution in [-0.4, -0.2) is 41.1 Å². The van der Waals surface area contributed by atoms with E-state index < -0.39 is 35.8 Å². The Labute approximate surface area is 109 Å². The number of alkyl halides is 3. The third-order valence-corrected chi connectivity index (χ3v) is 3.48. The summed E-state index contributed by atoms with van der Waals surface area (Å²) in [5.41, 5.74) is -2.10. The first-order valence-electron chi connectivity index (χ1n) is 6.12. The molecule has 1 atom stereocenters. The van der Waals surface area contributed by atoms with Crippen LogP contribution in [-0.2, 0) is 9.59 Å². The molecule has 0 aromatic rings. The summed E-state index contributed by atoms with van der Waals surface area (Å²) >= 11 is 0. The average Bonchev–Trinajstić information content (AvgIpc) is 2.27. The molecule has 0 radical (unpaired) electrons. The summed E-state index contributed by atoms with van der Waals surface area (Å²) in [6, 6.07) is 0. The quantitative estimate of drug-likeness (QED) is 0.863. The van der Waals surface area contributed by atoms with Crippen molar-refractivity contribution >= 4 is 11.9 Å². The maximum atomic E-state index is 12.7. The van der Waals surface area contributed by atoms with Gasteiger partial charge in [0, 0.05) is 19.5 Å². The number of piperidine rings is 1. The minimum atomic E-state index is -4.45. The second-order valence-corrected chi connectivity index (χ2v) is 5.58. The van der Waals surface area contributed by atoms with Crippen LogP contribution in [0, 0.1) is 11.3 Å². The fourth-order valence-corrected chi connectivity index (χ4v) is 2.00. The third kappa shape index (κ3) is 3.84. The molecule has 4 nitrogen and oxygen atoms in total. The number of carbonyl (C=O) groups is 2. The Morgan fingerprint density at radius 2 is 1.89 bits per heavy atom. The maximum Gasteiger partial charge on any atom is 0.394 e. The van der Waals surface area contributed by atoms with Crippen LogP contribution in [0.1, 0.15) is 33.1 Å². The first-order valence-corrected chi connectivity index (χ1v) is 6.12. The van der Waals surface area contributed by atoms with Gasteiger partial charge in [0.15, 0.2) is 0 Å². The van der Waals surface area contributed by atoms with Crippen LogP contribution < -0.4 is 0 Å². The largest absolute Gasteiger partial charge is 0.481 e. The number of carboxylic acid groups (broad SMARTS) is 1. The van der Waals surface area contributed by atoms with Crippen molar-refractivity contribution in [3.8, 4) is 0 Å². The number of amides is 1. The Morgan fingerprint density at radius 3 is 2.37 bits per heavy atom. The van der Waals surface area contributed by atoms with Gasteiger partial charge in [-0.3, -0.25) is 9.59 Å². The SMILES string of the molecule is CC(C)(CC(=O)N1CCC[C@H](C(=O)O)C1)C(F)(F)F. The average molecular weight is 281 g/mol. The zero-order chi connectivity index (χ0) is 14.8. The Hall–Kier alpha value is -1.27. The van der Waals surface area contributed by atoms with Crippen LogP contribution in [0.15, 0.2) is 0 Å². The fraction of sp³-hybridized carbons (Fsp3) is 0.833. The summed E-state index contributed by atoms with van der Waals surface area (Å²) in [6.07, 6.45) is -4.13. The van der Waals surface area contributed by atoms with Crippen LogP contribution >= 0.6 is 0 Å². The topological polar surface area (TPSA) is 57.6 Å². The van der Waals surface area contributed by atoms with Gasteiger partial charge < -0.3 is 10.0 Å². The number of hydrogen-bond donors (Lipinski definition) is 1. The van der Waals surface area contributed by atoms with Crippen molar-refractivity contribution in [2.75, 3.05) is 13.1 Å². The van der Waals surface area contributed by atoms with Crippen molar-refractivity contribution < 1.29 is 27.9 Å². The summed E-state index contributed by atoms with van der Waals surface area (Å²) < 4.78 is 38.1. The summed E-state index contributed by atoms with van der Waals surface area (Å²) in [4.78, 5) is 23.9. The van der Waals surface area contributed by atoms with Crippen molar-refractivity contribution in [2.24, 2.45) is 11.3 Å². The molecular formula is C12H18F3NO3. The Morgan fingerprint density at radius 1 is 1.32 bits per heavy atom. The molecule has 19 heavy (non-hydrogen) atoms. The van der Waals surface area contributed by atoms with Crippen LogP contribution in [0.4, 0.5) is 13.2 Å². The molecule has 0 spiro atoms. The lowest BCUT2D eigenvalue weighted by Gasteiger charge is -2.34. The number of nitrogens with zero attached hydrogens (tertiary/aromatic N) is 1. The van der Waals surface area contributed by atoms with Gasteiger partial charge in [-0.05, 0) is 12.8 Å². The molecule has 0 unspecified atom stereocenters. The van der Waals surface area contributed by atoms with Gasteiger partial charge in [0.1, 0.15) is 0 Å². The van der Waals surface area contributed by atoms with Crippen LogP contribution in [0.5, 0.6) is 0 Å². The van der Waals surface area contributed by atoms with E-state index in [1.54, 1.807) is 0 Å². The molecule has 1 amide bonds. The van der Waals surface area contributed by atoms with Gasteiger partial charge in [0.25, 0.3) is 0 Å². The van der Waals surface area contributed by atoms with E-state index in [0.29, 0.717) is 19.4 Å². The lowest BCUT2D eigenvalue weighted by atomic mass is 9.87. The van der Waals surface area contributed by atoms with Gasteiger partial charge in [-0.2, -0.15) is 13.2 Å².